The Labute approximate surface area is 139 Å². The molecule has 2 aromatic heterocycles. The van der Waals surface area contributed by atoms with Gasteiger partial charge in [0.05, 0.1) is 5.56 Å². The van der Waals surface area contributed by atoms with Gasteiger partial charge in [-0.25, -0.2) is 0 Å². The number of halogens is 1. The molecule has 1 aliphatic rings. The average Bonchev–Trinajstić information content (AvgIpc) is 3.03. The lowest BCUT2D eigenvalue weighted by molar-refractivity contribution is 0.435. The van der Waals surface area contributed by atoms with E-state index in [4.69, 9.17) is 11.6 Å². The first-order chi connectivity index (χ1) is 11.2. The summed E-state index contributed by atoms with van der Waals surface area (Å²) >= 11 is 6.53. The molecule has 0 unspecified atom stereocenters. The van der Waals surface area contributed by atoms with Gasteiger partial charge in [-0.2, -0.15) is 19.6 Å². The van der Waals surface area contributed by atoms with Crippen LogP contribution in [0.4, 0.5) is 5.82 Å². The van der Waals surface area contributed by atoms with Crippen molar-refractivity contribution in [3.8, 4) is 11.1 Å². The molecule has 0 spiro atoms. The van der Waals surface area contributed by atoms with Gasteiger partial charge in [-0.15, -0.1) is 0 Å². The number of rotatable bonds is 2. The standard InChI is InChI=1S/C17H18ClN5/c1-12-7-9-22(10-8-12)16-14(13-5-3-2-4-6-13)15(18)21-17-19-11-20-23(16)17/h2-6,11-12H,7-10H2,1H3. The van der Waals surface area contributed by atoms with Crippen LogP contribution in [0.15, 0.2) is 36.7 Å². The predicted molar refractivity (Wildman–Crippen MR) is 91.8 cm³/mol. The molecule has 0 N–H and O–H groups in total. The molecule has 5 nitrogen and oxygen atoms in total. The zero-order chi connectivity index (χ0) is 15.8. The van der Waals surface area contributed by atoms with Crippen LogP contribution in [0.2, 0.25) is 5.15 Å². The topological polar surface area (TPSA) is 46.3 Å². The monoisotopic (exact) mass is 327 g/mol. The minimum Gasteiger partial charge on any atom is -0.356 e. The van der Waals surface area contributed by atoms with Crippen LogP contribution in [0.1, 0.15) is 19.8 Å². The maximum absolute atomic E-state index is 6.53. The molecule has 0 radical (unpaired) electrons. The molecule has 6 heteroatoms. The third kappa shape index (κ3) is 2.55. The number of fused-ring (bicyclic) bond motifs is 1. The number of nitrogens with zero attached hydrogens (tertiary/aromatic N) is 5. The normalized spacial score (nSPS) is 16.2. The lowest BCUT2D eigenvalue weighted by atomic mass is 9.98. The highest BCUT2D eigenvalue weighted by Crippen LogP contribution is 2.37. The van der Waals surface area contributed by atoms with Gasteiger partial charge < -0.3 is 4.90 Å². The van der Waals surface area contributed by atoms with Crippen LogP contribution in [0, 0.1) is 5.92 Å². The smallest absolute Gasteiger partial charge is 0.255 e. The van der Waals surface area contributed by atoms with Crippen LogP contribution in [0.5, 0.6) is 0 Å². The van der Waals surface area contributed by atoms with Gasteiger partial charge >= 0.3 is 0 Å². The van der Waals surface area contributed by atoms with Gasteiger partial charge in [0, 0.05) is 13.1 Å². The molecule has 1 aromatic carbocycles. The lowest BCUT2D eigenvalue weighted by Crippen LogP contribution is -2.34. The zero-order valence-electron chi connectivity index (χ0n) is 13.0. The van der Waals surface area contributed by atoms with E-state index in [0.29, 0.717) is 10.9 Å². The third-order valence-corrected chi connectivity index (χ3v) is 4.78. The Morgan fingerprint density at radius 3 is 2.61 bits per heavy atom. The Kier molecular flexibility index (Phi) is 3.65. The van der Waals surface area contributed by atoms with Gasteiger partial charge in [0.15, 0.2) is 0 Å². The molecular weight excluding hydrogens is 310 g/mol. The number of piperidine rings is 1. The largest absolute Gasteiger partial charge is 0.356 e. The maximum atomic E-state index is 6.53. The van der Waals surface area contributed by atoms with E-state index in [-0.39, 0.29) is 0 Å². The van der Waals surface area contributed by atoms with Crippen LogP contribution < -0.4 is 4.90 Å². The van der Waals surface area contributed by atoms with Crippen LogP contribution >= 0.6 is 11.6 Å². The van der Waals surface area contributed by atoms with Crippen LogP contribution in [-0.2, 0) is 0 Å². The lowest BCUT2D eigenvalue weighted by Gasteiger charge is -2.33. The summed E-state index contributed by atoms with van der Waals surface area (Å²) in [6.45, 7) is 4.30. The Hall–Kier alpha value is -2.14. The van der Waals surface area contributed by atoms with Crippen molar-refractivity contribution in [1.82, 2.24) is 19.6 Å². The number of hydrogen-bond acceptors (Lipinski definition) is 4. The van der Waals surface area contributed by atoms with E-state index >= 15 is 0 Å². The maximum Gasteiger partial charge on any atom is 0.255 e. The molecule has 3 aromatic rings. The van der Waals surface area contributed by atoms with Crippen molar-refractivity contribution >= 4 is 23.2 Å². The zero-order valence-corrected chi connectivity index (χ0v) is 13.7. The van der Waals surface area contributed by atoms with Crippen molar-refractivity contribution in [3.05, 3.63) is 41.8 Å². The molecule has 1 aliphatic heterocycles. The van der Waals surface area contributed by atoms with Gasteiger partial charge in [-0.3, -0.25) is 0 Å². The van der Waals surface area contributed by atoms with E-state index in [1.165, 1.54) is 19.2 Å². The van der Waals surface area contributed by atoms with Crippen molar-refractivity contribution in [2.75, 3.05) is 18.0 Å². The molecule has 1 fully saturated rings. The van der Waals surface area contributed by atoms with E-state index < -0.39 is 0 Å². The number of anilines is 1. The van der Waals surface area contributed by atoms with Crippen molar-refractivity contribution in [2.24, 2.45) is 5.92 Å². The van der Waals surface area contributed by atoms with Gasteiger partial charge in [0.1, 0.15) is 17.3 Å². The second kappa shape index (κ2) is 5.81. The van der Waals surface area contributed by atoms with E-state index in [0.717, 1.165) is 36.0 Å². The molecular formula is C17H18ClN5. The first-order valence-corrected chi connectivity index (χ1v) is 8.31. The van der Waals surface area contributed by atoms with E-state index in [1.54, 1.807) is 0 Å². The first-order valence-electron chi connectivity index (χ1n) is 7.93. The second-order valence-corrected chi connectivity index (χ2v) is 6.47. The fourth-order valence-electron chi connectivity index (χ4n) is 3.17. The molecule has 0 atom stereocenters. The molecule has 4 rings (SSSR count). The summed E-state index contributed by atoms with van der Waals surface area (Å²) in [6.07, 6.45) is 3.87. The highest BCUT2D eigenvalue weighted by atomic mass is 35.5. The quantitative estimate of drug-likeness (QED) is 0.674. The number of hydrogen-bond donors (Lipinski definition) is 0. The van der Waals surface area contributed by atoms with Crippen LogP contribution in [-0.4, -0.2) is 32.7 Å². The van der Waals surface area contributed by atoms with Gasteiger partial charge in [0.25, 0.3) is 5.78 Å². The summed E-state index contributed by atoms with van der Waals surface area (Å²) in [5.74, 6) is 2.30. The van der Waals surface area contributed by atoms with Crippen LogP contribution in [0.3, 0.4) is 0 Å². The van der Waals surface area contributed by atoms with Gasteiger partial charge in [-0.1, -0.05) is 48.9 Å². The molecule has 118 valence electrons. The molecule has 0 saturated carbocycles. The summed E-state index contributed by atoms with van der Waals surface area (Å²) < 4.78 is 1.81. The third-order valence-electron chi connectivity index (χ3n) is 4.50. The van der Waals surface area contributed by atoms with E-state index in [1.807, 2.05) is 22.7 Å². The van der Waals surface area contributed by atoms with Crippen molar-refractivity contribution in [1.29, 1.82) is 0 Å². The number of aromatic nitrogens is 4. The highest BCUT2D eigenvalue weighted by Gasteiger charge is 2.25. The van der Waals surface area contributed by atoms with Crippen molar-refractivity contribution in [3.63, 3.8) is 0 Å². The highest BCUT2D eigenvalue weighted by molar-refractivity contribution is 6.33. The molecule has 1 saturated heterocycles. The summed E-state index contributed by atoms with van der Waals surface area (Å²) in [5, 5.41) is 4.86. The van der Waals surface area contributed by atoms with E-state index in [9.17, 15) is 0 Å². The minimum absolute atomic E-state index is 0.477. The average molecular weight is 328 g/mol. The Balaban J connectivity index is 1.94. The molecule has 23 heavy (non-hydrogen) atoms. The Bertz CT molecular complexity index is 822. The summed E-state index contributed by atoms with van der Waals surface area (Å²) in [5.41, 5.74) is 1.98. The molecule has 0 amide bonds. The van der Waals surface area contributed by atoms with Gasteiger partial charge in [-0.05, 0) is 24.3 Å². The molecule has 0 aliphatic carbocycles. The summed E-state index contributed by atoms with van der Waals surface area (Å²) in [4.78, 5) is 11.0. The SMILES string of the molecule is CC1CCN(c2c(-c3ccccc3)c(Cl)nc3ncnn23)CC1. The van der Waals surface area contributed by atoms with Crippen LogP contribution in [0.25, 0.3) is 16.9 Å². The molecule has 0 bridgehead atoms. The summed E-state index contributed by atoms with van der Waals surface area (Å²) in [6, 6.07) is 10.1. The van der Waals surface area contributed by atoms with Crippen molar-refractivity contribution < 1.29 is 0 Å². The fraction of sp³-hybridized carbons (Fsp3) is 0.353. The molecule has 3 heterocycles. The fourth-order valence-corrected chi connectivity index (χ4v) is 3.44. The summed E-state index contributed by atoms with van der Waals surface area (Å²) in [7, 11) is 0. The second-order valence-electron chi connectivity index (χ2n) is 6.11. The minimum atomic E-state index is 0.477. The Morgan fingerprint density at radius 1 is 1.13 bits per heavy atom. The van der Waals surface area contributed by atoms with Crippen molar-refractivity contribution in [2.45, 2.75) is 19.8 Å². The van der Waals surface area contributed by atoms with E-state index in [2.05, 4.69) is 39.0 Å². The Morgan fingerprint density at radius 2 is 1.87 bits per heavy atom. The predicted octanol–water partition coefficient (Wildman–Crippen LogP) is 3.68. The van der Waals surface area contributed by atoms with Gasteiger partial charge in [0.2, 0.25) is 0 Å². The number of benzene rings is 1. The first kappa shape index (κ1) is 14.5.